The van der Waals surface area contributed by atoms with Gasteiger partial charge >= 0.3 is 0 Å². The summed E-state index contributed by atoms with van der Waals surface area (Å²) in [5.74, 6) is 0. The number of morpholine rings is 1. The molecule has 184 valence electrons. The minimum absolute atomic E-state index is 0.00810. The van der Waals surface area contributed by atoms with Crippen LogP contribution in [-0.4, -0.2) is 63.9 Å². The normalized spacial score (nSPS) is 20.9. The number of benzene rings is 1. The second kappa shape index (κ2) is 10.7. The van der Waals surface area contributed by atoms with Gasteiger partial charge < -0.3 is 19.5 Å². The second-order valence-electron chi connectivity index (χ2n) is 9.27. The van der Waals surface area contributed by atoms with Gasteiger partial charge in [-0.05, 0) is 80.5 Å². The lowest BCUT2D eigenvalue weighted by atomic mass is 9.96. The highest BCUT2D eigenvalue weighted by atomic mass is 35.5. The largest absolute Gasteiger partial charge is 0.379 e. The molecule has 0 amide bonds. The maximum Gasteiger partial charge on any atom is 0.170 e. The molecule has 2 aliphatic rings. The molecule has 3 aromatic rings. The maximum atomic E-state index is 6.16. The van der Waals surface area contributed by atoms with Gasteiger partial charge in [0.25, 0.3) is 0 Å². The Balaban J connectivity index is 1.47. The molecule has 1 N–H and O–H groups in total. The van der Waals surface area contributed by atoms with Gasteiger partial charge in [0.1, 0.15) is 0 Å². The van der Waals surface area contributed by atoms with Gasteiger partial charge in [0.15, 0.2) is 5.11 Å². The predicted octanol–water partition coefficient (Wildman–Crippen LogP) is 4.84. The van der Waals surface area contributed by atoms with Crippen LogP contribution in [0.3, 0.4) is 0 Å². The van der Waals surface area contributed by atoms with Gasteiger partial charge in [-0.25, -0.2) is 0 Å². The van der Waals surface area contributed by atoms with Gasteiger partial charge in [-0.15, -0.1) is 0 Å². The SMILES string of the molecule is Cc1cc([C@@H]2[C@H](c3ccccn3)NC(=S)N2CCCN2CCOCC2)c(C)n1-c1ccc(Cl)cc1. The smallest absolute Gasteiger partial charge is 0.170 e. The van der Waals surface area contributed by atoms with Crippen molar-refractivity contribution < 1.29 is 4.74 Å². The Labute approximate surface area is 217 Å². The number of hydrogen-bond acceptors (Lipinski definition) is 4. The van der Waals surface area contributed by atoms with Gasteiger partial charge in [-0.3, -0.25) is 9.88 Å². The summed E-state index contributed by atoms with van der Waals surface area (Å²) in [4.78, 5) is 9.54. The van der Waals surface area contributed by atoms with E-state index in [0.717, 1.165) is 67.3 Å². The highest BCUT2D eigenvalue weighted by Crippen LogP contribution is 2.41. The minimum atomic E-state index is -0.00810. The monoisotopic (exact) mass is 509 g/mol. The summed E-state index contributed by atoms with van der Waals surface area (Å²) in [6.45, 7) is 9.95. The van der Waals surface area contributed by atoms with Crippen LogP contribution in [0.25, 0.3) is 5.69 Å². The molecule has 0 bridgehead atoms. The lowest BCUT2D eigenvalue weighted by molar-refractivity contribution is 0.0365. The summed E-state index contributed by atoms with van der Waals surface area (Å²) < 4.78 is 7.80. The van der Waals surface area contributed by atoms with E-state index in [0.29, 0.717) is 0 Å². The van der Waals surface area contributed by atoms with E-state index in [4.69, 9.17) is 33.5 Å². The van der Waals surface area contributed by atoms with Crippen molar-refractivity contribution in [3.8, 4) is 5.69 Å². The van der Waals surface area contributed by atoms with Crippen LogP contribution < -0.4 is 5.32 Å². The fourth-order valence-corrected chi connectivity index (χ4v) is 5.81. The third-order valence-electron chi connectivity index (χ3n) is 7.05. The van der Waals surface area contributed by atoms with E-state index in [1.54, 1.807) is 0 Å². The zero-order valence-corrected chi connectivity index (χ0v) is 21.9. The molecule has 6 nitrogen and oxygen atoms in total. The number of pyridine rings is 1. The average Bonchev–Trinajstić information content (AvgIpc) is 3.36. The van der Waals surface area contributed by atoms with E-state index in [-0.39, 0.29) is 12.1 Å². The predicted molar refractivity (Wildman–Crippen MR) is 144 cm³/mol. The molecule has 5 rings (SSSR count). The summed E-state index contributed by atoms with van der Waals surface area (Å²) >= 11 is 12.0. The number of rotatable bonds is 7. The van der Waals surface area contributed by atoms with Crippen molar-refractivity contribution in [2.45, 2.75) is 32.4 Å². The Bertz CT molecular complexity index is 1160. The van der Waals surface area contributed by atoms with Gasteiger partial charge in [-0.2, -0.15) is 0 Å². The van der Waals surface area contributed by atoms with Gasteiger partial charge in [-0.1, -0.05) is 17.7 Å². The van der Waals surface area contributed by atoms with Gasteiger partial charge in [0.05, 0.1) is 31.0 Å². The number of halogens is 1. The highest BCUT2D eigenvalue weighted by molar-refractivity contribution is 7.80. The Morgan fingerprint density at radius 2 is 1.86 bits per heavy atom. The van der Waals surface area contributed by atoms with E-state index in [9.17, 15) is 0 Å². The number of aromatic nitrogens is 2. The van der Waals surface area contributed by atoms with Crippen LogP contribution in [0.15, 0.2) is 54.7 Å². The summed E-state index contributed by atoms with van der Waals surface area (Å²) in [6.07, 6.45) is 2.90. The van der Waals surface area contributed by atoms with E-state index in [2.05, 4.69) is 57.8 Å². The van der Waals surface area contributed by atoms with Crippen molar-refractivity contribution in [3.05, 3.63) is 82.4 Å². The first-order valence-electron chi connectivity index (χ1n) is 12.3. The Morgan fingerprint density at radius 1 is 1.09 bits per heavy atom. The van der Waals surface area contributed by atoms with Crippen LogP contribution in [0, 0.1) is 13.8 Å². The van der Waals surface area contributed by atoms with Crippen LogP contribution in [0.5, 0.6) is 0 Å². The summed E-state index contributed by atoms with van der Waals surface area (Å²) in [6, 6.07) is 16.5. The molecule has 2 aliphatic heterocycles. The fourth-order valence-electron chi connectivity index (χ4n) is 5.35. The van der Waals surface area contributed by atoms with E-state index in [1.165, 1.54) is 17.0 Å². The topological polar surface area (TPSA) is 45.6 Å². The number of nitrogens with zero attached hydrogens (tertiary/aromatic N) is 4. The lowest BCUT2D eigenvalue weighted by Gasteiger charge is -2.30. The second-order valence-corrected chi connectivity index (χ2v) is 10.1. The molecular weight excluding hydrogens is 478 g/mol. The third-order valence-corrected chi connectivity index (χ3v) is 7.65. The zero-order chi connectivity index (χ0) is 24.4. The molecule has 8 heteroatoms. The molecular formula is C27H32ClN5OS. The first-order chi connectivity index (χ1) is 17.0. The first kappa shape index (κ1) is 24.3. The molecule has 0 spiro atoms. The molecule has 35 heavy (non-hydrogen) atoms. The van der Waals surface area contributed by atoms with Crippen LogP contribution in [0.1, 0.15) is 41.1 Å². The Morgan fingerprint density at radius 3 is 2.57 bits per heavy atom. The minimum Gasteiger partial charge on any atom is -0.379 e. The Kier molecular flexibility index (Phi) is 7.39. The standard InChI is InChI=1S/C27H32ClN5OS/c1-19-18-23(20(2)33(19)22-9-7-21(28)8-10-22)26-25(24-6-3-4-11-29-24)30-27(35)32(26)13-5-12-31-14-16-34-17-15-31/h3-4,6-11,18,25-26H,5,12-17H2,1-2H3,(H,30,35)/t25-,26+/m0/s1. The molecule has 0 saturated carbocycles. The van der Waals surface area contributed by atoms with Gasteiger partial charge in [0, 0.05) is 54.5 Å². The van der Waals surface area contributed by atoms with Crippen molar-refractivity contribution >= 4 is 28.9 Å². The zero-order valence-electron chi connectivity index (χ0n) is 20.3. The van der Waals surface area contributed by atoms with Crippen molar-refractivity contribution in [1.29, 1.82) is 0 Å². The van der Waals surface area contributed by atoms with Crippen molar-refractivity contribution in [1.82, 2.24) is 24.7 Å². The number of ether oxygens (including phenoxy) is 1. The molecule has 0 radical (unpaired) electrons. The molecule has 2 saturated heterocycles. The molecule has 0 aliphatic carbocycles. The first-order valence-corrected chi connectivity index (χ1v) is 13.0. The molecule has 4 heterocycles. The fraction of sp³-hybridized carbons (Fsp3) is 0.407. The Hall–Kier alpha value is -2.45. The van der Waals surface area contributed by atoms with E-state index < -0.39 is 0 Å². The van der Waals surface area contributed by atoms with Gasteiger partial charge in [0.2, 0.25) is 0 Å². The van der Waals surface area contributed by atoms with Crippen LogP contribution in [-0.2, 0) is 4.74 Å². The van der Waals surface area contributed by atoms with E-state index >= 15 is 0 Å². The summed E-state index contributed by atoms with van der Waals surface area (Å²) in [7, 11) is 0. The van der Waals surface area contributed by atoms with E-state index in [1.807, 2.05) is 30.5 Å². The number of nitrogens with one attached hydrogen (secondary N) is 1. The summed E-state index contributed by atoms with van der Waals surface area (Å²) in [5, 5.41) is 5.13. The highest BCUT2D eigenvalue weighted by Gasteiger charge is 2.41. The lowest BCUT2D eigenvalue weighted by Crippen LogP contribution is -2.39. The van der Waals surface area contributed by atoms with Crippen molar-refractivity contribution in [2.24, 2.45) is 0 Å². The number of aryl methyl sites for hydroxylation is 1. The quantitative estimate of drug-likeness (QED) is 0.460. The summed E-state index contributed by atoms with van der Waals surface area (Å²) in [5.41, 5.74) is 5.78. The molecule has 2 atom stereocenters. The van der Waals surface area contributed by atoms with Crippen LogP contribution in [0.2, 0.25) is 5.02 Å². The molecule has 0 unspecified atom stereocenters. The number of thiocarbonyl (C=S) groups is 1. The van der Waals surface area contributed by atoms with Crippen LogP contribution in [0.4, 0.5) is 0 Å². The third kappa shape index (κ3) is 5.09. The van der Waals surface area contributed by atoms with Crippen LogP contribution >= 0.6 is 23.8 Å². The number of hydrogen-bond donors (Lipinski definition) is 1. The van der Waals surface area contributed by atoms with Crippen molar-refractivity contribution in [3.63, 3.8) is 0 Å². The average molecular weight is 510 g/mol. The molecule has 2 aromatic heterocycles. The molecule has 1 aromatic carbocycles. The maximum absolute atomic E-state index is 6.16. The molecule has 2 fully saturated rings. The van der Waals surface area contributed by atoms with Crippen molar-refractivity contribution in [2.75, 3.05) is 39.4 Å².